The molecule has 0 spiro atoms. The van der Waals surface area contributed by atoms with Crippen LogP contribution in [0.15, 0.2) is 18.2 Å². The van der Waals surface area contributed by atoms with E-state index in [1.165, 1.54) is 0 Å². The van der Waals surface area contributed by atoms with Gasteiger partial charge >= 0.3 is 0 Å². The molecule has 1 nitrogen and oxygen atoms in total. The number of hydrogen-bond donors (Lipinski definition) is 1. The molecule has 0 aromatic heterocycles. The number of benzene rings is 1. The van der Waals surface area contributed by atoms with Crippen LogP contribution in [0.4, 0.5) is 0 Å². The van der Waals surface area contributed by atoms with Crippen LogP contribution in [0.1, 0.15) is 11.1 Å². The number of aryl methyl sites for hydroxylation is 1. The van der Waals surface area contributed by atoms with Gasteiger partial charge in [-0.1, -0.05) is 6.07 Å². The summed E-state index contributed by atoms with van der Waals surface area (Å²) in [7, 11) is 0. The molecular formula is C15H8O. The van der Waals surface area contributed by atoms with Crippen molar-refractivity contribution in [3.63, 3.8) is 0 Å². The second-order valence-corrected chi connectivity index (χ2v) is 2.91. The molecule has 1 rings (SSSR count). The third-order valence-corrected chi connectivity index (χ3v) is 1.67. The summed E-state index contributed by atoms with van der Waals surface area (Å²) in [6.07, 6.45) is 4.91. The van der Waals surface area contributed by atoms with Crippen LogP contribution >= 0.6 is 0 Å². The van der Waals surface area contributed by atoms with Crippen molar-refractivity contribution < 1.29 is 5.11 Å². The molecule has 1 aromatic carbocycles. The molecule has 0 amide bonds. The second kappa shape index (κ2) is 5.88. The molecule has 0 aliphatic rings. The Morgan fingerprint density at radius 1 is 1.06 bits per heavy atom. The van der Waals surface area contributed by atoms with Crippen LogP contribution in [0.3, 0.4) is 0 Å². The average molecular weight is 204 g/mol. The van der Waals surface area contributed by atoms with Gasteiger partial charge in [0.2, 0.25) is 0 Å². The molecule has 0 saturated heterocycles. The highest BCUT2D eigenvalue weighted by atomic mass is 16.3. The lowest BCUT2D eigenvalue weighted by Crippen LogP contribution is -1.78. The molecule has 0 saturated carbocycles. The summed E-state index contributed by atoms with van der Waals surface area (Å²) in [6, 6.07) is 5.20. The van der Waals surface area contributed by atoms with Crippen molar-refractivity contribution in [3.8, 4) is 53.6 Å². The van der Waals surface area contributed by atoms with Gasteiger partial charge in [-0.3, -0.25) is 0 Å². The highest BCUT2D eigenvalue weighted by molar-refractivity contribution is 5.50. The lowest BCUT2D eigenvalue weighted by atomic mass is 10.1. The highest BCUT2D eigenvalue weighted by Gasteiger charge is 1.95. The van der Waals surface area contributed by atoms with E-state index in [0.29, 0.717) is 5.56 Å². The number of phenols is 1. The van der Waals surface area contributed by atoms with Crippen LogP contribution < -0.4 is 0 Å². The fourth-order valence-electron chi connectivity index (χ4n) is 0.978. The summed E-state index contributed by atoms with van der Waals surface area (Å²) in [4.78, 5) is 0. The fourth-order valence-corrected chi connectivity index (χ4v) is 0.978. The molecule has 0 bridgehead atoms. The van der Waals surface area contributed by atoms with Crippen molar-refractivity contribution >= 4 is 0 Å². The Bertz CT molecular complexity index is 611. The van der Waals surface area contributed by atoms with Crippen LogP contribution in [0.5, 0.6) is 5.75 Å². The van der Waals surface area contributed by atoms with Gasteiger partial charge in [0.15, 0.2) is 0 Å². The third kappa shape index (κ3) is 3.55. The Labute approximate surface area is 95.5 Å². The maximum absolute atomic E-state index is 9.47. The van der Waals surface area contributed by atoms with Gasteiger partial charge in [0, 0.05) is 0 Å². The molecule has 0 aliphatic carbocycles. The lowest BCUT2D eigenvalue weighted by molar-refractivity contribution is 0.473. The van der Waals surface area contributed by atoms with E-state index in [2.05, 4.69) is 41.4 Å². The first-order valence-electron chi connectivity index (χ1n) is 4.50. The van der Waals surface area contributed by atoms with E-state index < -0.39 is 0 Å². The molecule has 0 aliphatic heterocycles. The lowest BCUT2D eigenvalue weighted by Gasteiger charge is -1.96. The van der Waals surface area contributed by atoms with Crippen molar-refractivity contribution in [2.24, 2.45) is 0 Å². The molecule has 0 unspecified atom stereocenters. The number of phenolic OH excluding ortho intramolecular Hbond substituents is 1. The molecule has 1 N–H and O–H groups in total. The van der Waals surface area contributed by atoms with Crippen LogP contribution in [-0.2, 0) is 0 Å². The van der Waals surface area contributed by atoms with Gasteiger partial charge in [-0.2, -0.15) is 0 Å². The fraction of sp³-hybridized carbons (Fsp3) is 0.0667. The van der Waals surface area contributed by atoms with Crippen LogP contribution in [-0.4, -0.2) is 5.11 Å². The van der Waals surface area contributed by atoms with E-state index in [0.717, 1.165) is 5.56 Å². The van der Waals surface area contributed by atoms with Gasteiger partial charge in [-0.15, -0.1) is 6.42 Å². The number of hydrogen-bond acceptors (Lipinski definition) is 1. The molecule has 0 heterocycles. The van der Waals surface area contributed by atoms with E-state index >= 15 is 0 Å². The van der Waals surface area contributed by atoms with E-state index in [1.54, 1.807) is 12.1 Å². The maximum atomic E-state index is 9.47. The normalized spacial score (nSPS) is 7.00. The van der Waals surface area contributed by atoms with Gasteiger partial charge in [0.25, 0.3) is 0 Å². The molecule has 1 aromatic rings. The van der Waals surface area contributed by atoms with E-state index in [1.807, 2.05) is 13.0 Å². The smallest absolute Gasteiger partial charge is 0.131 e. The predicted octanol–water partition coefficient (Wildman–Crippen LogP) is 1.69. The Morgan fingerprint density at radius 2 is 1.75 bits per heavy atom. The van der Waals surface area contributed by atoms with E-state index in [9.17, 15) is 5.11 Å². The Morgan fingerprint density at radius 3 is 2.50 bits per heavy atom. The molecule has 74 valence electrons. The van der Waals surface area contributed by atoms with Gasteiger partial charge < -0.3 is 5.11 Å². The molecule has 1 heteroatoms. The minimum absolute atomic E-state index is 0.148. The van der Waals surface area contributed by atoms with Crippen molar-refractivity contribution in [1.29, 1.82) is 0 Å². The topological polar surface area (TPSA) is 20.2 Å². The third-order valence-electron chi connectivity index (χ3n) is 1.67. The quantitative estimate of drug-likeness (QED) is 0.638. The zero-order chi connectivity index (χ0) is 11.8. The molecule has 0 radical (unpaired) electrons. The van der Waals surface area contributed by atoms with Crippen molar-refractivity contribution in [2.75, 3.05) is 0 Å². The van der Waals surface area contributed by atoms with Crippen LogP contribution in [0, 0.1) is 54.8 Å². The minimum Gasteiger partial charge on any atom is -0.507 e. The van der Waals surface area contributed by atoms with Crippen molar-refractivity contribution in [2.45, 2.75) is 6.92 Å². The molecule has 0 atom stereocenters. The number of terminal acetylenes is 1. The number of aromatic hydroxyl groups is 1. The first-order chi connectivity index (χ1) is 7.74. The second-order valence-electron chi connectivity index (χ2n) is 2.91. The van der Waals surface area contributed by atoms with Gasteiger partial charge in [-0.05, 0) is 66.1 Å². The van der Waals surface area contributed by atoms with Crippen LogP contribution in [0.25, 0.3) is 0 Å². The predicted molar refractivity (Wildman–Crippen MR) is 64.1 cm³/mol. The standard InChI is InChI=1S/C15H8O/c1-3-4-5-6-7-8-9-14-12-13(2)10-11-15(14)16/h1,10-12,16H,2H3. The van der Waals surface area contributed by atoms with Crippen molar-refractivity contribution in [1.82, 2.24) is 0 Å². The summed E-state index contributed by atoms with van der Waals surface area (Å²) in [5.74, 6) is 17.4. The number of rotatable bonds is 0. The summed E-state index contributed by atoms with van der Waals surface area (Å²) < 4.78 is 0. The zero-order valence-electron chi connectivity index (χ0n) is 8.76. The summed E-state index contributed by atoms with van der Waals surface area (Å²) in [6.45, 7) is 1.93. The summed E-state index contributed by atoms with van der Waals surface area (Å²) in [5.41, 5.74) is 1.58. The van der Waals surface area contributed by atoms with Gasteiger partial charge in [-0.25, -0.2) is 0 Å². The molecular weight excluding hydrogens is 196 g/mol. The monoisotopic (exact) mass is 204 g/mol. The van der Waals surface area contributed by atoms with E-state index in [-0.39, 0.29) is 5.75 Å². The highest BCUT2D eigenvalue weighted by Crippen LogP contribution is 2.16. The molecule has 0 fully saturated rings. The van der Waals surface area contributed by atoms with Gasteiger partial charge in [0.1, 0.15) is 5.75 Å². The maximum Gasteiger partial charge on any atom is 0.131 e. The first-order valence-corrected chi connectivity index (χ1v) is 4.50. The largest absolute Gasteiger partial charge is 0.507 e. The first kappa shape index (κ1) is 11.3. The summed E-state index contributed by atoms with van der Waals surface area (Å²) >= 11 is 0. The SMILES string of the molecule is C#CC#CC#CC#Cc1cc(C)ccc1O. The zero-order valence-corrected chi connectivity index (χ0v) is 8.76. The average Bonchev–Trinajstić information content (AvgIpc) is 2.28. The minimum atomic E-state index is 0.148. The summed E-state index contributed by atoms with van der Waals surface area (Å²) in [5, 5.41) is 9.47. The molecule has 16 heavy (non-hydrogen) atoms. The van der Waals surface area contributed by atoms with Crippen molar-refractivity contribution in [3.05, 3.63) is 29.3 Å². The Hall–Kier alpha value is -2.74. The Balaban J connectivity index is 2.88. The van der Waals surface area contributed by atoms with Crippen LogP contribution in [0.2, 0.25) is 0 Å². The van der Waals surface area contributed by atoms with Gasteiger partial charge in [0.05, 0.1) is 5.56 Å². The Kier molecular flexibility index (Phi) is 4.17. The van der Waals surface area contributed by atoms with E-state index in [4.69, 9.17) is 6.42 Å².